The highest BCUT2D eigenvalue weighted by atomic mass is 79.9. The molecule has 2 rings (SSSR count). The van der Waals surface area contributed by atoms with Gasteiger partial charge >= 0.3 is 0 Å². The number of hydrogen-bond donors (Lipinski definition) is 1. The van der Waals surface area contributed by atoms with E-state index in [1.807, 2.05) is 18.4 Å². The third-order valence-corrected chi connectivity index (χ3v) is 5.50. The Morgan fingerprint density at radius 2 is 1.85 bits per heavy atom. The van der Waals surface area contributed by atoms with Crippen LogP contribution in [0.1, 0.15) is 47.7 Å². The van der Waals surface area contributed by atoms with Crippen LogP contribution >= 0.6 is 27.3 Å². The average molecular weight is 352 g/mol. The van der Waals surface area contributed by atoms with Gasteiger partial charge in [0.2, 0.25) is 0 Å². The minimum Gasteiger partial charge on any atom is -0.309 e. The van der Waals surface area contributed by atoms with Crippen LogP contribution in [0.4, 0.5) is 0 Å². The number of benzene rings is 1. The quantitative estimate of drug-likeness (QED) is 0.777. The fourth-order valence-electron chi connectivity index (χ4n) is 2.56. The SMILES string of the molecule is CNC(c1ccccc1C(C)(C)C)c1sc(C)cc1Br. The summed E-state index contributed by atoms with van der Waals surface area (Å²) in [7, 11) is 2.03. The van der Waals surface area contributed by atoms with E-state index in [9.17, 15) is 0 Å². The van der Waals surface area contributed by atoms with Crippen molar-refractivity contribution in [3.05, 3.63) is 55.7 Å². The fraction of sp³-hybridized carbons (Fsp3) is 0.412. The molecule has 20 heavy (non-hydrogen) atoms. The van der Waals surface area contributed by atoms with Crippen molar-refractivity contribution in [1.29, 1.82) is 0 Å². The molecular weight excluding hydrogens is 330 g/mol. The van der Waals surface area contributed by atoms with Crippen LogP contribution in [-0.2, 0) is 5.41 Å². The van der Waals surface area contributed by atoms with Crippen LogP contribution in [0.2, 0.25) is 0 Å². The first-order valence-corrected chi connectivity index (χ1v) is 8.48. The molecule has 3 heteroatoms. The minimum atomic E-state index is 0.143. The van der Waals surface area contributed by atoms with Gasteiger partial charge in [-0.3, -0.25) is 0 Å². The first-order chi connectivity index (χ1) is 9.34. The molecule has 0 aliphatic heterocycles. The first-order valence-electron chi connectivity index (χ1n) is 6.87. The molecule has 108 valence electrons. The predicted molar refractivity (Wildman–Crippen MR) is 92.8 cm³/mol. The van der Waals surface area contributed by atoms with Gasteiger partial charge in [0.1, 0.15) is 0 Å². The van der Waals surface area contributed by atoms with Crippen LogP contribution in [0, 0.1) is 6.92 Å². The summed E-state index contributed by atoms with van der Waals surface area (Å²) in [6, 6.07) is 11.2. The van der Waals surface area contributed by atoms with Gasteiger partial charge in [0.05, 0.1) is 6.04 Å². The maximum atomic E-state index is 3.70. The summed E-state index contributed by atoms with van der Waals surface area (Å²) in [5.41, 5.74) is 2.91. The van der Waals surface area contributed by atoms with Gasteiger partial charge in [0.15, 0.2) is 0 Å². The monoisotopic (exact) mass is 351 g/mol. The number of thiophene rings is 1. The molecule has 1 aromatic carbocycles. The second-order valence-electron chi connectivity index (χ2n) is 6.13. The number of halogens is 1. The largest absolute Gasteiger partial charge is 0.309 e. The molecule has 0 aliphatic carbocycles. The Kier molecular flexibility index (Phi) is 4.73. The topological polar surface area (TPSA) is 12.0 Å². The molecule has 1 atom stereocenters. The molecule has 0 saturated heterocycles. The van der Waals surface area contributed by atoms with E-state index >= 15 is 0 Å². The Balaban J connectivity index is 2.56. The molecule has 0 radical (unpaired) electrons. The van der Waals surface area contributed by atoms with Gasteiger partial charge < -0.3 is 5.32 Å². The van der Waals surface area contributed by atoms with Crippen molar-refractivity contribution in [2.75, 3.05) is 7.05 Å². The smallest absolute Gasteiger partial charge is 0.0683 e. The van der Waals surface area contributed by atoms with Crippen molar-refractivity contribution >= 4 is 27.3 Å². The van der Waals surface area contributed by atoms with Crippen LogP contribution in [0.25, 0.3) is 0 Å². The van der Waals surface area contributed by atoms with Gasteiger partial charge in [-0.05, 0) is 52.5 Å². The molecule has 0 fully saturated rings. The van der Waals surface area contributed by atoms with E-state index in [0.29, 0.717) is 0 Å². The molecule has 0 bridgehead atoms. The third kappa shape index (κ3) is 3.16. The number of rotatable bonds is 3. The van der Waals surface area contributed by atoms with Crippen LogP contribution in [-0.4, -0.2) is 7.05 Å². The van der Waals surface area contributed by atoms with Gasteiger partial charge in [0.25, 0.3) is 0 Å². The standard InChI is InChI=1S/C17H22BrNS/c1-11-10-14(18)16(20-11)15(19-5)12-8-6-7-9-13(12)17(2,3)4/h6-10,15,19H,1-5H3. The van der Waals surface area contributed by atoms with Crippen LogP contribution in [0.5, 0.6) is 0 Å². The van der Waals surface area contributed by atoms with Gasteiger partial charge in [-0.1, -0.05) is 45.0 Å². The summed E-state index contributed by atoms with van der Waals surface area (Å²) in [5.74, 6) is 0. The normalized spacial score (nSPS) is 13.5. The van der Waals surface area contributed by atoms with Crippen molar-refractivity contribution < 1.29 is 0 Å². The molecule has 0 spiro atoms. The second-order valence-corrected chi connectivity index (χ2v) is 8.27. The van der Waals surface area contributed by atoms with Gasteiger partial charge in [-0.2, -0.15) is 0 Å². The van der Waals surface area contributed by atoms with E-state index in [4.69, 9.17) is 0 Å². The van der Waals surface area contributed by atoms with Crippen molar-refractivity contribution in [1.82, 2.24) is 5.32 Å². The van der Waals surface area contributed by atoms with Crippen molar-refractivity contribution in [3.8, 4) is 0 Å². The molecule has 1 heterocycles. The number of hydrogen-bond acceptors (Lipinski definition) is 2. The zero-order valence-corrected chi connectivity index (χ0v) is 15.2. The van der Waals surface area contributed by atoms with E-state index < -0.39 is 0 Å². The molecule has 2 aromatic rings. The fourth-order valence-corrected chi connectivity index (χ4v) is 4.57. The van der Waals surface area contributed by atoms with E-state index in [2.05, 4.69) is 79.3 Å². The maximum Gasteiger partial charge on any atom is 0.0683 e. The van der Waals surface area contributed by atoms with Gasteiger partial charge in [0, 0.05) is 14.2 Å². The highest BCUT2D eigenvalue weighted by Crippen LogP contribution is 2.38. The van der Waals surface area contributed by atoms with Gasteiger partial charge in [-0.15, -0.1) is 11.3 Å². The zero-order chi connectivity index (χ0) is 14.9. The molecule has 0 amide bonds. The van der Waals surface area contributed by atoms with Crippen LogP contribution < -0.4 is 5.32 Å². The van der Waals surface area contributed by atoms with E-state index in [1.54, 1.807) is 0 Å². The maximum absolute atomic E-state index is 3.70. The van der Waals surface area contributed by atoms with E-state index in [-0.39, 0.29) is 11.5 Å². The lowest BCUT2D eigenvalue weighted by Crippen LogP contribution is -2.23. The molecule has 0 saturated carbocycles. The Morgan fingerprint density at radius 1 is 1.20 bits per heavy atom. The lowest BCUT2D eigenvalue weighted by atomic mass is 9.81. The summed E-state index contributed by atoms with van der Waals surface area (Å²) in [6.07, 6.45) is 0. The molecule has 0 aliphatic rings. The predicted octanol–water partition coefficient (Wildman–Crippen LogP) is 5.43. The van der Waals surface area contributed by atoms with Crippen LogP contribution in [0.15, 0.2) is 34.8 Å². The third-order valence-electron chi connectivity index (χ3n) is 3.47. The Labute approximate surface area is 134 Å². The summed E-state index contributed by atoms with van der Waals surface area (Å²) in [6.45, 7) is 8.97. The Hall–Kier alpha value is -0.640. The summed E-state index contributed by atoms with van der Waals surface area (Å²) in [5, 5.41) is 3.48. The second kappa shape index (κ2) is 6.00. The number of aryl methyl sites for hydroxylation is 1. The van der Waals surface area contributed by atoms with E-state index in [0.717, 1.165) is 0 Å². The van der Waals surface area contributed by atoms with Crippen LogP contribution in [0.3, 0.4) is 0 Å². The highest BCUT2D eigenvalue weighted by molar-refractivity contribution is 9.10. The van der Waals surface area contributed by atoms with Crippen molar-refractivity contribution in [3.63, 3.8) is 0 Å². The molecule has 1 unspecified atom stereocenters. The highest BCUT2D eigenvalue weighted by Gasteiger charge is 2.24. The summed E-state index contributed by atoms with van der Waals surface area (Å²) in [4.78, 5) is 2.68. The minimum absolute atomic E-state index is 0.143. The average Bonchev–Trinajstić information content (AvgIpc) is 2.69. The lowest BCUT2D eigenvalue weighted by Gasteiger charge is -2.27. The zero-order valence-electron chi connectivity index (χ0n) is 12.8. The molecule has 1 N–H and O–H groups in total. The summed E-state index contributed by atoms with van der Waals surface area (Å²) < 4.78 is 1.20. The molecule has 1 aromatic heterocycles. The van der Waals surface area contributed by atoms with Crippen molar-refractivity contribution in [2.24, 2.45) is 0 Å². The molecular formula is C17H22BrNS. The van der Waals surface area contributed by atoms with E-state index in [1.165, 1.54) is 25.4 Å². The molecule has 1 nitrogen and oxygen atoms in total. The number of nitrogens with one attached hydrogen (secondary N) is 1. The lowest BCUT2D eigenvalue weighted by molar-refractivity contribution is 0.568. The Bertz CT molecular complexity index is 595. The Morgan fingerprint density at radius 3 is 2.35 bits per heavy atom. The first kappa shape index (κ1) is 15.7. The van der Waals surface area contributed by atoms with Crippen molar-refractivity contribution in [2.45, 2.75) is 39.2 Å². The van der Waals surface area contributed by atoms with Gasteiger partial charge in [-0.25, -0.2) is 0 Å². The summed E-state index contributed by atoms with van der Waals surface area (Å²) >= 11 is 5.55.